The number of guanidine groups is 1. The third-order valence-electron chi connectivity index (χ3n) is 3.71. The Hall–Kier alpha value is -1.87. The molecular weight excluding hydrogens is 292 g/mol. The highest BCUT2D eigenvalue weighted by Crippen LogP contribution is 2.04. The molecule has 0 heterocycles. The smallest absolute Gasteiger partial charge is 0.227 e. The number of unbranched alkanes of at least 4 members (excludes halogenated alkanes) is 3. The molecule has 130 valence electrons. The Balaban J connectivity index is 3.68. The number of hydrogen-bond donors (Lipinski definition) is 2. The van der Waals surface area contributed by atoms with Crippen LogP contribution < -0.4 is 11.1 Å². The molecular formula is C17H30N4O2. The lowest BCUT2D eigenvalue weighted by Gasteiger charge is -2.22. The van der Waals surface area contributed by atoms with Crippen molar-refractivity contribution in [2.45, 2.75) is 58.4 Å². The van der Waals surface area contributed by atoms with Crippen molar-refractivity contribution in [2.24, 2.45) is 10.7 Å². The monoisotopic (exact) mass is 322 g/mol. The van der Waals surface area contributed by atoms with Crippen LogP contribution in [0.4, 0.5) is 0 Å². The number of amides is 1. The van der Waals surface area contributed by atoms with Crippen molar-refractivity contribution in [1.82, 2.24) is 10.2 Å². The number of terminal acetylenes is 1. The summed E-state index contributed by atoms with van der Waals surface area (Å²) >= 11 is 0. The molecule has 1 atom stereocenters. The van der Waals surface area contributed by atoms with Crippen LogP contribution >= 0.6 is 0 Å². The average molecular weight is 322 g/mol. The number of Topliss-reactive ketones (excluding diaryl/α,β-unsaturated/α-hetero) is 1. The van der Waals surface area contributed by atoms with Gasteiger partial charge in [0, 0.05) is 19.4 Å². The normalized spacial score (nSPS) is 12.7. The van der Waals surface area contributed by atoms with E-state index in [4.69, 9.17) is 12.2 Å². The number of likely N-dealkylation sites (N-methyl/N-ethyl adjacent to an activating group) is 1. The molecule has 0 aromatic rings. The van der Waals surface area contributed by atoms with E-state index in [9.17, 15) is 9.59 Å². The highest BCUT2D eigenvalue weighted by molar-refractivity contribution is 5.96. The van der Waals surface area contributed by atoms with Gasteiger partial charge in [-0.1, -0.05) is 12.8 Å². The van der Waals surface area contributed by atoms with Crippen LogP contribution in [0.3, 0.4) is 0 Å². The lowest BCUT2D eigenvalue weighted by molar-refractivity contribution is -0.121. The number of ketones is 1. The van der Waals surface area contributed by atoms with Gasteiger partial charge in [-0.3, -0.25) is 24.8 Å². The maximum absolute atomic E-state index is 11.4. The van der Waals surface area contributed by atoms with Crippen LogP contribution in [0.15, 0.2) is 4.99 Å². The molecule has 0 aliphatic carbocycles. The highest BCUT2D eigenvalue weighted by Gasteiger charge is 2.12. The highest BCUT2D eigenvalue weighted by atomic mass is 16.1. The summed E-state index contributed by atoms with van der Waals surface area (Å²) in [6.07, 6.45) is 9.85. The van der Waals surface area contributed by atoms with Gasteiger partial charge in [-0.15, -0.1) is 12.3 Å². The van der Waals surface area contributed by atoms with Crippen LogP contribution in [0.25, 0.3) is 0 Å². The van der Waals surface area contributed by atoms with Crippen molar-refractivity contribution in [1.29, 1.82) is 0 Å². The topological polar surface area (TPSA) is 87.8 Å². The fraction of sp³-hybridized carbons (Fsp3) is 0.706. The van der Waals surface area contributed by atoms with Gasteiger partial charge in [0.05, 0.1) is 6.04 Å². The minimum absolute atomic E-state index is 0.0162. The molecule has 0 saturated heterocycles. The summed E-state index contributed by atoms with van der Waals surface area (Å²) in [6.45, 7) is 5.06. The zero-order valence-electron chi connectivity index (χ0n) is 14.6. The molecule has 0 aliphatic rings. The SMILES string of the molecule is C#CCCC(=O)NC(N)=NCCCCCCN(C)[C@H](C)C(C)=O. The number of nitrogens with two attached hydrogens (primary N) is 1. The predicted molar refractivity (Wildman–Crippen MR) is 93.9 cm³/mol. The second-order valence-electron chi connectivity index (χ2n) is 5.70. The fourth-order valence-corrected chi connectivity index (χ4v) is 1.96. The first-order chi connectivity index (χ1) is 10.9. The lowest BCUT2D eigenvalue weighted by atomic mass is 10.1. The van der Waals surface area contributed by atoms with Crippen LogP contribution in [0.1, 0.15) is 52.4 Å². The second kappa shape index (κ2) is 12.7. The molecule has 0 radical (unpaired) electrons. The molecule has 0 bridgehead atoms. The van der Waals surface area contributed by atoms with Crippen molar-refractivity contribution < 1.29 is 9.59 Å². The molecule has 0 aromatic carbocycles. The molecule has 0 aromatic heterocycles. The largest absolute Gasteiger partial charge is 0.370 e. The summed E-state index contributed by atoms with van der Waals surface area (Å²) in [4.78, 5) is 28.8. The summed E-state index contributed by atoms with van der Waals surface area (Å²) in [6, 6.07) is -0.0162. The molecule has 0 saturated carbocycles. The first-order valence-electron chi connectivity index (χ1n) is 8.12. The van der Waals surface area contributed by atoms with Crippen molar-refractivity contribution in [3.05, 3.63) is 0 Å². The lowest BCUT2D eigenvalue weighted by Crippen LogP contribution is -2.36. The number of hydrogen-bond acceptors (Lipinski definition) is 4. The standard InChI is InChI=1S/C17H30N4O2/c1-5-6-11-16(23)20-17(18)19-12-9-7-8-10-13-21(4)14(2)15(3)22/h1,14H,6-13H2,2-4H3,(H3,18,19,20,23)/t14-/m1/s1. The molecule has 6 nitrogen and oxygen atoms in total. The van der Waals surface area contributed by atoms with Crippen molar-refractivity contribution in [3.8, 4) is 12.3 Å². The Bertz CT molecular complexity index is 440. The van der Waals surface area contributed by atoms with Crippen molar-refractivity contribution in [2.75, 3.05) is 20.1 Å². The third-order valence-corrected chi connectivity index (χ3v) is 3.71. The van der Waals surface area contributed by atoms with E-state index in [1.54, 1.807) is 6.92 Å². The Morgan fingerprint density at radius 1 is 1.30 bits per heavy atom. The van der Waals surface area contributed by atoms with Crippen LogP contribution in [0.5, 0.6) is 0 Å². The molecule has 3 N–H and O–H groups in total. The van der Waals surface area contributed by atoms with Gasteiger partial charge in [-0.2, -0.15) is 0 Å². The van der Waals surface area contributed by atoms with Gasteiger partial charge in [0.15, 0.2) is 5.96 Å². The number of carbonyl (C=O) groups is 2. The second-order valence-corrected chi connectivity index (χ2v) is 5.70. The average Bonchev–Trinajstić information content (AvgIpc) is 2.50. The molecule has 1 amide bonds. The van der Waals surface area contributed by atoms with Crippen molar-refractivity contribution in [3.63, 3.8) is 0 Å². The summed E-state index contributed by atoms with van der Waals surface area (Å²) < 4.78 is 0. The van der Waals surface area contributed by atoms with Gasteiger partial charge in [0.25, 0.3) is 0 Å². The summed E-state index contributed by atoms with van der Waals surface area (Å²) in [7, 11) is 1.97. The number of rotatable bonds is 11. The van der Waals surface area contributed by atoms with Crippen LogP contribution in [0, 0.1) is 12.3 Å². The van der Waals surface area contributed by atoms with Crippen molar-refractivity contribution >= 4 is 17.6 Å². The van der Waals surface area contributed by atoms with E-state index in [1.165, 1.54) is 0 Å². The first-order valence-corrected chi connectivity index (χ1v) is 8.12. The number of carbonyl (C=O) groups excluding carboxylic acids is 2. The Kier molecular flexibility index (Phi) is 11.6. The summed E-state index contributed by atoms with van der Waals surface area (Å²) in [5.41, 5.74) is 5.62. The zero-order valence-corrected chi connectivity index (χ0v) is 14.6. The summed E-state index contributed by atoms with van der Waals surface area (Å²) in [5, 5.41) is 2.51. The quantitative estimate of drug-likeness (QED) is 0.260. The van der Waals surface area contributed by atoms with E-state index in [0.29, 0.717) is 13.0 Å². The van der Waals surface area contributed by atoms with Gasteiger partial charge < -0.3 is 5.73 Å². The van der Waals surface area contributed by atoms with Crippen LogP contribution in [-0.2, 0) is 9.59 Å². The van der Waals surface area contributed by atoms with Gasteiger partial charge in [-0.05, 0) is 40.3 Å². The van der Waals surface area contributed by atoms with E-state index >= 15 is 0 Å². The first kappa shape index (κ1) is 21.1. The van der Waals surface area contributed by atoms with Crippen LogP contribution in [0.2, 0.25) is 0 Å². The van der Waals surface area contributed by atoms with Gasteiger partial charge >= 0.3 is 0 Å². The molecule has 0 unspecified atom stereocenters. The molecule has 0 fully saturated rings. The Morgan fingerprint density at radius 2 is 1.96 bits per heavy atom. The van der Waals surface area contributed by atoms with E-state index in [1.807, 2.05) is 14.0 Å². The predicted octanol–water partition coefficient (Wildman–Crippen LogP) is 1.30. The third kappa shape index (κ3) is 11.4. The Morgan fingerprint density at radius 3 is 2.57 bits per heavy atom. The molecule has 0 aliphatic heterocycles. The number of nitrogens with zero attached hydrogens (tertiary/aromatic N) is 2. The zero-order chi connectivity index (χ0) is 17.7. The maximum atomic E-state index is 11.4. The van der Waals surface area contributed by atoms with Gasteiger partial charge in [0.2, 0.25) is 5.91 Å². The molecule has 6 heteroatoms. The van der Waals surface area contributed by atoms with Gasteiger partial charge in [-0.25, -0.2) is 0 Å². The minimum Gasteiger partial charge on any atom is -0.370 e. The van der Waals surface area contributed by atoms with E-state index in [-0.39, 0.29) is 30.1 Å². The number of aliphatic imine (C=N–C) groups is 1. The Labute approximate surface area is 139 Å². The van der Waals surface area contributed by atoms with E-state index in [2.05, 4.69) is 21.1 Å². The van der Waals surface area contributed by atoms with Gasteiger partial charge in [0.1, 0.15) is 5.78 Å². The minimum atomic E-state index is -0.202. The fourth-order valence-electron chi connectivity index (χ4n) is 1.96. The van der Waals surface area contributed by atoms with E-state index in [0.717, 1.165) is 32.2 Å². The summed E-state index contributed by atoms with van der Waals surface area (Å²) in [5.74, 6) is 2.55. The van der Waals surface area contributed by atoms with E-state index < -0.39 is 0 Å². The molecule has 23 heavy (non-hydrogen) atoms. The van der Waals surface area contributed by atoms with Crippen LogP contribution in [-0.4, -0.2) is 48.7 Å². The molecule has 0 rings (SSSR count). The maximum Gasteiger partial charge on any atom is 0.227 e. The number of nitrogens with one attached hydrogen (secondary N) is 1. The molecule has 0 spiro atoms.